The number of carbonyl (C=O) groups excluding carboxylic acids is 3. The lowest BCUT2D eigenvalue weighted by Gasteiger charge is -2.35. The lowest BCUT2D eigenvalue weighted by Crippen LogP contribution is -2.57. The Balaban J connectivity index is 1.42. The minimum atomic E-state index is -1.04. The van der Waals surface area contributed by atoms with Gasteiger partial charge in [0.1, 0.15) is 11.6 Å². The van der Waals surface area contributed by atoms with Crippen molar-refractivity contribution in [1.82, 2.24) is 15.5 Å². The van der Waals surface area contributed by atoms with Crippen molar-refractivity contribution >= 4 is 17.7 Å². The minimum Gasteiger partial charge on any atom is -0.359 e. The Bertz CT molecular complexity index is 784. The van der Waals surface area contributed by atoms with E-state index in [9.17, 15) is 14.4 Å². The zero-order chi connectivity index (χ0) is 21.8. The Labute approximate surface area is 184 Å². The van der Waals surface area contributed by atoms with Gasteiger partial charge in [-0.15, -0.1) is 0 Å². The first kappa shape index (κ1) is 21.0. The third-order valence-corrected chi connectivity index (χ3v) is 8.07. The van der Waals surface area contributed by atoms with Crippen molar-refractivity contribution in [2.45, 2.75) is 108 Å². The summed E-state index contributed by atoms with van der Waals surface area (Å²) >= 11 is 0. The van der Waals surface area contributed by atoms with E-state index in [2.05, 4.69) is 10.6 Å². The highest BCUT2D eigenvalue weighted by atomic mass is 16.5. The number of amides is 3. The molecular formula is C24H35N3O4. The molecule has 1 spiro atoms. The second-order valence-corrected chi connectivity index (χ2v) is 10.4. The first-order valence-corrected chi connectivity index (χ1v) is 12.2. The van der Waals surface area contributed by atoms with E-state index < -0.39 is 29.6 Å². The summed E-state index contributed by atoms with van der Waals surface area (Å²) < 4.78 is 6.36. The molecule has 5 aliphatic rings. The molecule has 2 aliphatic carbocycles. The van der Waals surface area contributed by atoms with Crippen LogP contribution in [-0.2, 0) is 19.1 Å². The number of carbonyl (C=O) groups is 3. The SMILES string of the molecule is CC(C)N1C(=O)[C@@H]2[C@@H](C(=O)NC3CCCC3)[C@H]3C=C[C@@]2(O3)[C@@H]1C(=O)NC1CCCCC1. The lowest BCUT2D eigenvalue weighted by atomic mass is 9.74. The predicted octanol–water partition coefficient (Wildman–Crippen LogP) is 2.05. The second kappa shape index (κ2) is 7.91. The van der Waals surface area contributed by atoms with Gasteiger partial charge in [-0.1, -0.05) is 44.3 Å². The molecule has 0 aromatic carbocycles. The quantitative estimate of drug-likeness (QED) is 0.655. The van der Waals surface area contributed by atoms with Crippen molar-refractivity contribution < 1.29 is 19.1 Å². The maximum absolute atomic E-state index is 13.6. The summed E-state index contributed by atoms with van der Waals surface area (Å²) in [5, 5.41) is 6.38. The molecule has 0 aromatic heterocycles. The van der Waals surface area contributed by atoms with Crippen molar-refractivity contribution in [3.05, 3.63) is 12.2 Å². The third kappa shape index (κ3) is 3.31. The van der Waals surface area contributed by atoms with Crippen LogP contribution in [0.4, 0.5) is 0 Å². The lowest BCUT2D eigenvalue weighted by molar-refractivity contribution is -0.144. The van der Waals surface area contributed by atoms with Crippen LogP contribution in [-0.4, -0.2) is 58.5 Å². The van der Waals surface area contributed by atoms with Crippen LogP contribution in [0, 0.1) is 11.8 Å². The van der Waals surface area contributed by atoms with Gasteiger partial charge in [0.2, 0.25) is 17.7 Å². The highest BCUT2D eigenvalue weighted by Gasteiger charge is 2.73. The summed E-state index contributed by atoms with van der Waals surface area (Å²) in [5.74, 6) is -1.56. The molecule has 2 N–H and O–H groups in total. The Morgan fingerprint density at radius 3 is 2.19 bits per heavy atom. The van der Waals surface area contributed by atoms with Crippen molar-refractivity contribution in [1.29, 1.82) is 0 Å². The number of rotatable bonds is 5. The fraction of sp³-hybridized carbons (Fsp3) is 0.792. The van der Waals surface area contributed by atoms with E-state index >= 15 is 0 Å². The molecule has 0 aromatic rings. The van der Waals surface area contributed by atoms with Crippen molar-refractivity contribution in [3.8, 4) is 0 Å². The Morgan fingerprint density at radius 1 is 1.00 bits per heavy atom. The number of fused-ring (bicyclic) bond motifs is 1. The first-order valence-electron chi connectivity index (χ1n) is 12.2. The van der Waals surface area contributed by atoms with Gasteiger partial charge in [-0.2, -0.15) is 0 Å². The molecule has 7 nitrogen and oxygen atoms in total. The fourth-order valence-electron chi connectivity index (χ4n) is 6.66. The molecule has 3 heterocycles. The highest BCUT2D eigenvalue weighted by molar-refractivity contribution is 6.00. The molecule has 2 bridgehead atoms. The number of nitrogens with one attached hydrogen (secondary N) is 2. The second-order valence-electron chi connectivity index (χ2n) is 10.4. The molecule has 3 aliphatic heterocycles. The first-order chi connectivity index (χ1) is 14.9. The van der Waals surface area contributed by atoms with Gasteiger partial charge in [-0.25, -0.2) is 0 Å². The van der Waals surface area contributed by atoms with Gasteiger partial charge in [-0.3, -0.25) is 14.4 Å². The standard InChI is InChI=1S/C24H35N3O4/c1-14(2)27-20(22(29)26-16-8-4-3-5-9-16)24-13-12-17(31-24)18(19(24)23(27)30)21(28)25-15-10-6-7-11-15/h12-20H,3-11H2,1-2H3,(H,25,28)(H,26,29)/t17-,18+,19+,20+,24+/m1/s1. The molecule has 0 unspecified atom stereocenters. The van der Waals surface area contributed by atoms with Crippen LogP contribution in [0.25, 0.3) is 0 Å². The summed E-state index contributed by atoms with van der Waals surface area (Å²) in [5.41, 5.74) is -1.04. The van der Waals surface area contributed by atoms with Crippen LogP contribution in [0.2, 0.25) is 0 Å². The van der Waals surface area contributed by atoms with E-state index in [-0.39, 0.29) is 35.8 Å². The predicted molar refractivity (Wildman–Crippen MR) is 115 cm³/mol. The average molecular weight is 430 g/mol. The van der Waals surface area contributed by atoms with Gasteiger partial charge in [-0.05, 0) is 39.5 Å². The molecule has 0 radical (unpaired) electrons. The van der Waals surface area contributed by atoms with E-state index in [0.29, 0.717) is 0 Å². The third-order valence-electron chi connectivity index (χ3n) is 8.07. The number of likely N-dealkylation sites (tertiary alicyclic amines) is 1. The number of hydrogen-bond donors (Lipinski definition) is 2. The van der Waals surface area contributed by atoms with Gasteiger partial charge in [0, 0.05) is 18.1 Å². The van der Waals surface area contributed by atoms with Gasteiger partial charge >= 0.3 is 0 Å². The van der Waals surface area contributed by atoms with E-state index in [1.807, 2.05) is 26.0 Å². The Morgan fingerprint density at radius 2 is 1.58 bits per heavy atom. The van der Waals surface area contributed by atoms with Crippen LogP contribution in [0.15, 0.2) is 12.2 Å². The Kier molecular flexibility index (Phi) is 5.35. The van der Waals surface area contributed by atoms with Gasteiger partial charge in [0.15, 0.2) is 0 Å². The van der Waals surface area contributed by atoms with Crippen LogP contribution in [0.3, 0.4) is 0 Å². The molecule has 5 rings (SSSR count). The molecule has 7 heteroatoms. The van der Waals surface area contributed by atoms with Gasteiger partial charge in [0.05, 0.1) is 17.9 Å². The number of hydrogen-bond acceptors (Lipinski definition) is 4. The zero-order valence-corrected chi connectivity index (χ0v) is 18.6. The monoisotopic (exact) mass is 429 g/mol. The summed E-state index contributed by atoms with van der Waals surface area (Å²) in [6.45, 7) is 3.86. The van der Waals surface area contributed by atoms with Gasteiger partial charge in [0.25, 0.3) is 0 Å². The largest absolute Gasteiger partial charge is 0.359 e. The topological polar surface area (TPSA) is 87.7 Å². The van der Waals surface area contributed by atoms with E-state index in [1.165, 1.54) is 6.42 Å². The van der Waals surface area contributed by atoms with Crippen LogP contribution in [0.1, 0.15) is 71.6 Å². The molecular weight excluding hydrogens is 394 g/mol. The molecule has 31 heavy (non-hydrogen) atoms. The average Bonchev–Trinajstić information content (AvgIpc) is 3.50. The van der Waals surface area contributed by atoms with Crippen molar-refractivity contribution in [2.75, 3.05) is 0 Å². The maximum Gasteiger partial charge on any atom is 0.246 e. The number of nitrogens with zero attached hydrogens (tertiary/aromatic N) is 1. The molecule has 4 fully saturated rings. The fourth-order valence-corrected chi connectivity index (χ4v) is 6.66. The van der Waals surface area contributed by atoms with Crippen LogP contribution in [0.5, 0.6) is 0 Å². The molecule has 170 valence electrons. The van der Waals surface area contributed by atoms with Crippen molar-refractivity contribution in [3.63, 3.8) is 0 Å². The van der Waals surface area contributed by atoms with E-state index in [4.69, 9.17) is 4.74 Å². The smallest absolute Gasteiger partial charge is 0.246 e. The van der Waals surface area contributed by atoms with E-state index in [0.717, 1.165) is 51.4 Å². The molecule has 5 atom stereocenters. The van der Waals surface area contributed by atoms with Crippen LogP contribution < -0.4 is 10.6 Å². The highest BCUT2D eigenvalue weighted by Crippen LogP contribution is 2.55. The summed E-state index contributed by atoms with van der Waals surface area (Å²) in [6.07, 6.45) is 13.0. The zero-order valence-electron chi connectivity index (χ0n) is 18.6. The molecule has 2 saturated heterocycles. The molecule has 3 amide bonds. The molecule has 2 saturated carbocycles. The maximum atomic E-state index is 13.6. The van der Waals surface area contributed by atoms with Crippen LogP contribution >= 0.6 is 0 Å². The summed E-state index contributed by atoms with van der Waals surface area (Å²) in [4.78, 5) is 42.1. The summed E-state index contributed by atoms with van der Waals surface area (Å²) in [6, 6.07) is -0.527. The van der Waals surface area contributed by atoms with Crippen molar-refractivity contribution in [2.24, 2.45) is 11.8 Å². The summed E-state index contributed by atoms with van der Waals surface area (Å²) in [7, 11) is 0. The van der Waals surface area contributed by atoms with Gasteiger partial charge < -0.3 is 20.3 Å². The normalized spacial score (nSPS) is 37.6. The number of ether oxygens (including phenoxy) is 1. The Hall–Kier alpha value is -1.89. The minimum absolute atomic E-state index is 0.0986. The van der Waals surface area contributed by atoms with E-state index in [1.54, 1.807) is 4.90 Å².